The number of carbonyl (C=O) groups is 1. The average molecular weight is 260 g/mol. The van der Waals surface area contributed by atoms with Gasteiger partial charge in [0, 0.05) is 13.5 Å². The highest BCUT2D eigenvalue weighted by atomic mass is 16.5. The zero-order valence-corrected chi connectivity index (χ0v) is 11.3. The highest BCUT2D eigenvalue weighted by Gasteiger charge is 2.34. The summed E-state index contributed by atoms with van der Waals surface area (Å²) in [6, 6.07) is 4.32. The van der Waals surface area contributed by atoms with E-state index in [-0.39, 0.29) is 5.78 Å². The molecule has 102 valence electrons. The van der Waals surface area contributed by atoms with E-state index in [0.29, 0.717) is 17.8 Å². The number of pyridine rings is 1. The number of ether oxygens (including phenoxy) is 1. The summed E-state index contributed by atoms with van der Waals surface area (Å²) in [5.74, 6) is 0.0177. The summed E-state index contributed by atoms with van der Waals surface area (Å²) in [6.07, 6.45) is 7.11. The van der Waals surface area contributed by atoms with Crippen LogP contribution in [0.25, 0.3) is 0 Å². The summed E-state index contributed by atoms with van der Waals surface area (Å²) in [4.78, 5) is 17.9. The van der Waals surface area contributed by atoms with Crippen LogP contribution in [-0.4, -0.2) is 36.1 Å². The van der Waals surface area contributed by atoms with Gasteiger partial charge in [-0.05, 0) is 25.0 Å². The third-order valence-corrected chi connectivity index (χ3v) is 4.17. The Morgan fingerprint density at radius 1 is 1.37 bits per heavy atom. The molecular weight excluding hydrogens is 240 g/mol. The molecule has 1 aromatic rings. The number of carbonyl (C=O) groups excluding carboxylic acids is 1. The van der Waals surface area contributed by atoms with Crippen molar-refractivity contribution in [3.05, 3.63) is 24.0 Å². The maximum atomic E-state index is 11.3. The molecule has 2 heterocycles. The summed E-state index contributed by atoms with van der Waals surface area (Å²) < 4.78 is 5.88. The summed E-state index contributed by atoms with van der Waals surface area (Å²) in [6.45, 7) is 3.26. The molecule has 0 bridgehead atoms. The van der Waals surface area contributed by atoms with Crippen LogP contribution >= 0.6 is 0 Å². The van der Waals surface area contributed by atoms with E-state index in [9.17, 15) is 4.79 Å². The monoisotopic (exact) mass is 260 g/mol. The molecule has 1 saturated heterocycles. The molecule has 0 amide bonds. The molecule has 0 N–H and O–H groups in total. The second-order valence-corrected chi connectivity index (χ2v) is 5.41. The Labute approximate surface area is 113 Å². The molecule has 1 saturated carbocycles. The van der Waals surface area contributed by atoms with Crippen LogP contribution in [0.5, 0.6) is 0 Å². The predicted molar refractivity (Wildman–Crippen MR) is 73.6 cm³/mol. The van der Waals surface area contributed by atoms with Gasteiger partial charge in [-0.25, -0.2) is 0 Å². The highest BCUT2D eigenvalue weighted by molar-refractivity contribution is 5.92. The van der Waals surface area contributed by atoms with Crippen LogP contribution in [0.2, 0.25) is 0 Å². The Bertz CT molecular complexity index is 456. The minimum atomic E-state index is 0.0177. The van der Waals surface area contributed by atoms with Crippen molar-refractivity contribution in [2.24, 2.45) is 0 Å². The summed E-state index contributed by atoms with van der Waals surface area (Å²) in [7, 11) is 0. The smallest absolute Gasteiger partial charge is 0.178 e. The fourth-order valence-corrected chi connectivity index (χ4v) is 3.18. The van der Waals surface area contributed by atoms with Gasteiger partial charge in [0.1, 0.15) is 5.69 Å². The van der Waals surface area contributed by atoms with E-state index in [1.807, 2.05) is 18.3 Å². The molecule has 1 aliphatic heterocycles. The molecule has 2 atom stereocenters. The molecule has 19 heavy (non-hydrogen) atoms. The quantitative estimate of drug-likeness (QED) is 0.766. The third-order valence-electron chi connectivity index (χ3n) is 4.17. The normalized spacial score (nSPS) is 26.9. The van der Waals surface area contributed by atoms with E-state index in [2.05, 4.69) is 9.88 Å². The Kier molecular flexibility index (Phi) is 3.51. The topological polar surface area (TPSA) is 42.4 Å². The first-order valence-corrected chi connectivity index (χ1v) is 7.11. The lowest BCUT2D eigenvalue weighted by atomic mass is 9.90. The van der Waals surface area contributed by atoms with Gasteiger partial charge in [-0.2, -0.15) is 0 Å². The molecule has 4 heteroatoms. The van der Waals surface area contributed by atoms with Gasteiger partial charge in [-0.1, -0.05) is 12.8 Å². The lowest BCUT2D eigenvalue weighted by Gasteiger charge is -2.45. The van der Waals surface area contributed by atoms with Gasteiger partial charge in [-0.3, -0.25) is 9.78 Å². The molecule has 2 fully saturated rings. The first kappa shape index (κ1) is 12.6. The molecule has 1 aliphatic carbocycles. The van der Waals surface area contributed by atoms with Crippen molar-refractivity contribution >= 4 is 11.5 Å². The molecule has 3 rings (SSSR count). The maximum absolute atomic E-state index is 11.3. The number of Topliss-reactive ketones (excluding diaryl/α,β-unsaturated/α-hetero) is 1. The number of anilines is 1. The first-order valence-electron chi connectivity index (χ1n) is 7.11. The van der Waals surface area contributed by atoms with Crippen LogP contribution in [0.1, 0.15) is 43.1 Å². The van der Waals surface area contributed by atoms with E-state index in [0.717, 1.165) is 18.8 Å². The number of hydrogen-bond acceptors (Lipinski definition) is 4. The van der Waals surface area contributed by atoms with Crippen molar-refractivity contribution in [1.29, 1.82) is 0 Å². The summed E-state index contributed by atoms with van der Waals surface area (Å²) in [5, 5.41) is 0. The number of aromatic nitrogens is 1. The largest absolute Gasteiger partial charge is 0.374 e. The first-order chi connectivity index (χ1) is 9.25. The second-order valence-electron chi connectivity index (χ2n) is 5.41. The highest BCUT2D eigenvalue weighted by Crippen LogP contribution is 2.31. The number of hydrogen-bond donors (Lipinski definition) is 0. The molecule has 1 aromatic heterocycles. The van der Waals surface area contributed by atoms with Crippen LogP contribution in [-0.2, 0) is 4.74 Å². The van der Waals surface area contributed by atoms with Gasteiger partial charge in [0.25, 0.3) is 0 Å². The van der Waals surface area contributed by atoms with Crippen molar-refractivity contribution in [1.82, 2.24) is 4.98 Å². The van der Waals surface area contributed by atoms with Gasteiger partial charge < -0.3 is 9.64 Å². The van der Waals surface area contributed by atoms with Crippen molar-refractivity contribution < 1.29 is 9.53 Å². The Balaban J connectivity index is 1.81. The van der Waals surface area contributed by atoms with Crippen molar-refractivity contribution in [3.63, 3.8) is 0 Å². The molecule has 2 aliphatic rings. The predicted octanol–water partition coefficient (Wildman–Crippen LogP) is 2.43. The van der Waals surface area contributed by atoms with E-state index < -0.39 is 0 Å². The minimum absolute atomic E-state index is 0.0177. The van der Waals surface area contributed by atoms with Crippen LogP contribution in [0.4, 0.5) is 5.69 Å². The molecule has 0 spiro atoms. The Morgan fingerprint density at radius 3 is 2.95 bits per heavy atom. The van der Waals surface area contributed by atoms with Crippen molar-refractivity contribution in [2.45, 2.75) is 44.8 Å². The lowest BCUT2D eigenvalue weighted by molar-refractivity contribution is -0.00870. The number of fused-ring (bicyclic) bond motifs is 1. The van der Waals surface area contributed by atoms with Crippen molar-refractivity contribution in [2.75, 3.05) is 18.1 Å². The van der Waals surface area contributed by atoms with Gasteiger partial charge in [0.05, 0.1) is 30.6 Å². The Hall–Kier alpha value is -1.42. The molecular formula is C15H20N2O2. The lowest BCUT2D eigenvalue weighted by Crippen LogP contribution is -2.52. The number of morpholine rings is 1. The van der Waals surface area contributed by atoms with Crippen molar-refractivity contribution in [3.8, 4) is 0 Å². The molecule has 0 aromatic carbocycles. The zero-order chi connectivity index (χ0) is 13.2. The Morgan fingerprint density at radius 2 is 2.21 bits per heavy atom. The number of nitrogens with zero attached hydrogens (tertiary/aromatic N) is 2. The SMILES string of the molecule is CC(=O)c1ccc(N2CCOC3CCCCC32)cn1. The van der Waals surface area contributed by atoms with Crippen LogP contribution in [0.3, 0.4) is 0 Å². The average Bonchev–Trinajstić information content (AvgIpc) is 2.47. The van der Waals surface area contributed by atoms with Gasteiger partial charge >= 0.3 is 0 Å². The van der Waals surface area contributed by atoms with Gasteiger partial charge in [0.2, 0.25) is 0 Å². The molecule has 2 unspecified atom stereocenters. The number of ketones is 1. The van der Waals surface area contributed by atoms with Gasteiger partial charge in [-0.15, -0.1) is 0 Å². The second kappa shape index (κ2) is 5.29. The summed E-state index contributed by atoms with van der Waals surface area (Å²) in [5.41, 5.74) is 1.66. The number of rotatable bonds is 2. The third kappa shape index (κ3) is 2.50. The molecule has 0 radical (unpaired) electrons. The van der Waals surface area contributed by atoms with Gasteiger partial charge in [0.15, 0.2) is 5.78 Å². The van der Waals surface area contributed by atoms with E-state index in [1.54, 1.807) is 6.92 Å². The summed E-state index contributed by atoms with van der Waals surface area (Å²) >= 11 is 0. The van der Waals surface area contributed by atoms with E-state index in [1.165, 1.54) is 25.7 Å². The molecule has 4 nitrogen and oxygen atoms in total. The zero-order valence-electron chi connectivity index (χ0n) is 11.3. The van der Waals surface area contributed by atoms with E-state index >= 15 is 0 Å². The van der Waals surface area contributed by atoms with Crippen LogP contribution < -0.4 is 4.90 Å². The maximum Gasteiger partial charge on any atom is 0.178 e. The van der Waals surface area contributed by atoms with Crippen LogP contribution in [0, 0.1) is 0 Å². The standard InChI is InChI=1S/C15H20N2O2/c1-11(18)13-7-6-12(10-16-13)17-8-9-19-15-5-3-2-4-14(15)17/h6-7,10,14-15H,2-5,8-9H2,1H3. The fourth-order valence-electron chi connectivity index (χ4n) is 3.18. The fraction of sp³-hybridized carbons (Fsp3) is 0.600. The minimum Gasteiger partial charge on any atom is -0.374 e. The van der Waals surface area contributed by atoms with Crippen LogP contribution in [0.15, 0.2) is 18.3 Å². The van der Waals surface area contributed by atoms with E-state index in [4.69, 9.17) is 4.74 Å².